The molecule has 1 N–H and O–H groups in total. The molecule has 5 rings (SSSR count). The third-order valence-corrected chi connectivity index (χ3v) is 6.05. The van der Waals surface area contributed by atoms with Crippen molar-refractivity contribution in [2.24, 2.45) is 0 Å². The van der Waals surface area contributed by atoms with E-state index >= 15 is 0 Å². The molecule has 2 atom stereocenters. The third-order valence-electron chi connectivity index (χ3n) is 6.05. The number of amides is 1. The van der Waals surface area contributed by atoms with Gasteiger partial charge in [-0.05, 0) is 37.7 Å². The second-order valence-electron chi connectivity index (χ2n) is 8.54. The van der Waals surface area contributed by atoms with Crippen molar-refractivity contribution in [3.63, 3.8) is 0 Å². The smallest absolute Gasteiger partial charge is 0.226 e. The number of nitrogens with zero attached hydrogens (tertiary/aromatic N) is 5. The Morgan fingerprint density at radius 1 is 1.09 bits per heavy atom. The van der Waals surface area contributed by atoms with Crippen LogP contribution in [0.25, 0.3) is 16.6 Å². The second kappa shape index (κ2) is 8.51. The number of carbonyl (C=O) groups is 1. The minimum Gasteiger partial charge on any atom is -0.351 e. The minimum absolute atomic E-state index is 0.00442. The Morgan fingerprint density at radius 3 is 2.75 bits per heavy atom. The van der Waals surface area contributed by atoms with Crippen molar-refractivity contribution in [1.29, 1.82) is 0 Å². The summed E-state index contributed by atoms with van der Waals surface area (Å²) < 4.78 is 1.85. The lowest BCUT2D eigenvalue weighted by molar-refractivity contribution is -0.121. The highest BCUT2D eigenvalue weighted by atomic mass is 16.1. The summed E-state index contributed by atoms with van der Waals surface area (Å²) in [6, 6.07) is 16.4. The van der Waals surface area contributed by atoms with Gasteiger partial charge < -0.3 is 10.2 Å². The second-order valence-corrected chi connectivity index (χ2v) is 8.54. The first-order valence-corrected chi connectivity index (χ1v) is 10.9. The topological polar surface area (TPSA) is 75.9 Å². The highest BCUT2D eigenvalue weighted by Gasteiger charge is 2.32. The summed E-state index contributed by atoms with van der Waals surface area (Å²) >= 11 is 0. The number of pyridine rings is 2. The zero-order valence-electron chi connectivity index (χ0n) is 18.3. The molecule has 7 nitrogen and oxygen atoms in total. The van der Waals surface area contributed by atoms with E-state index in [-0.39, 0.29) is 18.4 Å². The SMILES string of the molecule is Cc1cc(-n2ncc3cc(CC(=O)NC4CN(C)C[C@H]4c4ccccc4)ncc32)ccn1. The van der Waals surface area contributed by atoms with Gasteiger partial charge in [-0.25, -0.2) is 4.68 Å². The number of aromatic nitrogens is 4. The molecule has 0 radical (unpaired) electrons. The molecule has 1 fully saturated rings. The number of fused-ring (bicyclic) bond motifs is 1. The van der Waals surface area contributed by atoms with Gasteiger partial charge in [0.05, 0.1) is 35.7 Å². The molecule has 4 heterocycles. The fraction of sp³-hybridized carbons (Fsp3) is 0.280. The fourth-order valence-corrected chi connectivity index (χ4v) is 4.54. The number of likely N-dealkylation sites (tertiary alicyclic amines) is 1. The Kier molecular flexibility index (Phi) is 5.41. The molecule has 1 saturated heterocycles. The van der Waals surface area contributed by atoms with Crippen molar-refractivity contribution < 1.29 is 4.79 Å². The van der Waals surface area contributed by atoms with Crippen LogP contribution in [-0.2, 0) is 11.2 Å². The number of aryl methyl sites for hydroxylation is 1. The van der Waals surface area contributed by atoms with Gasteiger partial charge in [0.2, 0.25) is 5.91 Å². The Bertz CT molecular complexity index is 1250. The molecule has 4 aromatic rings. The van der Waals surface area contributed by atoms with Gasteiger partial charge in [-0.3, -0.25) is 14.8 Å². The third kappa shape index (κ3) is 4.11. The highest BCUT2D eigenvalue weighted by Crippen LogP contribution is 2.27. The van der Waals surface area contributed by atoms with Crippen molar-refractivity contribution in [3.8, 4) is 5.69 Å². The quantitative estimate of drug-likeness (QED) is 0.531. The van der Waals surface area contributed by atoms with Crippen molar-refractivity contribution in [3.05, 3.63) is 84.1 Å². The number of hydrogen-bond donors (Lipinski definition) is 1. The monoisotopic (exact) mass is 426 g/mol. The minimum atomic E-state index is -0.00442. The average molecular weight is 427 g/mol. The van der Waals surface area contributed by atoms with Crippen LogP contribution in [0.1, 0.15) is 22.9 Å². The van der Waals surface area contributed by atoms with Gasteiger partial charge in [-0.2, -0.15) is 5.10 Å². The largest absolute Gasteiger partial charge is 0.351 e. The van der Waals surface area contributed by atoms with E-state index < -0.39 is 0 Å². The maximum Gasteiger partial charge on any atom is 0.226 e. The summed E-state index contributed by atoms with van der Waals surface area (Å²) in [6.45, 7) is 3.73. The van der Waals surface area contributed by atoms with E-state index in [2.05, 4.69) is 56.6 Å². The number of carbonyl (C=O) groups excluding carboxylic acids is 1. The number of benzene rings is 1. The van der Waals surface area contributed by atoms with Crippen molar-refractivity contribution in [2.45, 2.75) is 25.3 Å². The van der Waals surface area contributed by atoms with E-state index in [4.69, 9.17) is 0 Å². The molecule has 0 bridgehead atoms. The molecule has 162 valence electrons. The van der Waals surface area contributed by atoms with Crippen molar-refractivity contribution >= 4 is 16.8 Å². The van der Waals surface area contributed by atoms with Crippen molar-refractivity contribution in [1.82, 2.24) is 30.0 Å². The summed E-state index contributed by atoms with van der Waals surface area (Å²) in [5.41, 5.74) is 4.78. The number of nitrogens with one attached hydrogen (secondary N) is 1. The van der Waals surface area contributed by atoms with Crippen LogP contribution in [0.2, 0.25) is 0 Å². The Morgan fingerprint density at radius 2 is 1.94 bits per heavy atom. The zero-order chi connectivity index (χ0) is 22.1. The lowest BCUT2D eigenvalue weighted by atomic mass is 9.94. The van der Waals surface area contributed by atoms with E-state index in [9.17, 15) is 4.79 Å². The Labute approximate surface area is 187 Å². The van der Waals surface area contributed by atoms with Crippen LogP contribution in [0, 0.1) is 6.92 Å². The van der Waals surface area contributed by atoms with Crippen LogP contribution in [0.3, 0.4) is 0 Å². The normalized spacial score (nSPS) is 18.8. The first-order chi connectivity index (χ1) is 15.6. The average Bonchev–Trinajstić information content (AvgIpc) is 3.37. The predicted molar refractivity (Wildman–Crippen MR) is 124 cm³/mol. The van der Waals surface area contributed by atoms with Crippen LogP contribution in [0.5, 0.6) is 0 Å². The van der Waals surface area contributed by atoms with Gasteiger partial charge in [0.1, 0.15) is 0 Å². The molecular weight excluding hydrogens is 400 g/mol. The molecule has 1 aromatic carbocycles. The standard InChI is InChI=1S/C25H26N6O/c1-17-10-21(8-9-26-17)31-24-14-27-20(11-19(24)13-28-31)12-25(32)29-23-16-30(2)15-22(23)18-6-4-3-5-7-18/h3-11,13-14,22-23H,12,15-16H2,1-2H3,(H,29,32)/t22-,23?/m0/s1. The van der Waals surface area contributed by atoms with E-state index in [0.29, 0.717) is 5.92 Å². The number of rotatable bonds is 5. The molecule has 32 heavy (non-hydrogen) atoms. The lowest BCUT2D eigenvalue weighted by Crippen LogP contribution is -2.40. The summed E-state index contributed by atoms with van der Waals surface area (Å²) in [7, 11) is 2.10. The van der Waals surface area contributed by atoms with E-state index in [0.717, 1.165) is 41.1 Å². The molecule has 7 heteroatoms. The summed E-state index contributed by atoms with van der Waals surface area (Å²) in [5.74, 6) is 0.290. The molecule has 1 aliphatic rings. The van der Waals surface area contributed by atoms with Crippen LogP contribution >= 0.6 is 0 Å². The molecule has 0 spiro atoms. The maximum absolute atomic E-state index is 12.9. The van der Waals surface area contributed by atoms with E-state index in [1.54, 1.807) is 12.4 Å². The van der Waals surface area contributed by atoms with Gasteiger partial charge >= 0.3 is 0 Å². The van der Waals surface area contributed by atoms with Gasteiger partial charge in [-0.1, -0.05) is 30.3 Å². The molecule has 1 amide bonds. The van der Waals surface area contributed by atoms with Gasteiger partial charge in [-0.15, -0.1) is 0 Å². The van der Waals surface area contributed by atoms with Gasteiger partial charge in [0.25, 0.3) is 0 Å². The summed E-state index contributed by atoms with van der Waals surface area (Å²) in [6.07, 6.45) is 5.62. The van der Waals surface area contributed by atoms with Crippen molar-refractivity contribution in [2.75, 3.05) is 20.1 Å². The Hall–Kier alpha value is -3.58. The van der Waals surface area contributed by atoms with Crippen LogP contribution in [0.15, 0.2) is 67.1 Å². The summed E-state index contributed by atoms with van der Waals surface area (Å²) in [5, 5.41) is 8.71. The zero-order valence-corrected chi connectivity index (χ0v) is 18.3. The first-order valence-electron chi connectivity index (χ1n) is 10.9. The maximum atomic E-state index is 12.9. The van der Waals surface area contributed by atoms with E-state index in [1.165, 1.54) is 5.56 Å². The van der Waals surface area contributed by atoms with Gasteiger partial charge in [0, 0.05) is 42.3 Å². The van der Waals surface area contributed by atoms with E-state index in [1.807, 2.05) is 42.1 Å². The van der Waals surface area contributed by atoms with Crippen LogP contribution in [0.4, 0.5) is 0 Å². The molecule has 3 aromatic heterocycles. The summed E-state index contributed by atoms with van der Waals surface area (Å²) in [4.78, 5) is 23.9. The first kappa shape index (κ1) is 20.3. The molecule has 1 aliphatic heterocycles. The number of hydrogen-bond acceptors (Lipinski definition) is 5. The predicted octanol–water partition coefficient (Wildman–Crippen LogP) is 2.88. The number of likely N-dealkylation sites (N-methyl/N-ethyl adjacent to an activating group) is 1. The fourth-order valence-electron chi connectivity index (χ4n) is 4.54. The van der Waals surface area contributed by atoms with Gasteiger partial charge in [0.15, 0.2) is 0 Å². The van der Waals surface area contributed by atoms with Crippen LogP contribution < -0.4 is 5.32 Å². The molecule has 1 unspecified atom stereocenters. The Balaban J connectivity index is 1.31. The highest BCUT2D eigenvalue weighted by molar-refractivity contribution is 5.83. The molecule has 0 saturated carbocycles. The molecular formula is C25H26N6O. The molecule has 0 aliphatic carbocycles. The lowest BCUT2D eigenvalue weighted by Gasteiger charge is -2.20. The van der Waals surface area contributed by atoms with Crippen LogP contribution in [-0.4, -0.2) is 56.7 Å².